The van der Waals surface area contributed by atoms with E-state index >= 15 is 0 Å². The number of sulfonamides is 1. The SMILES string of the molecule is CC1CCCCN1CCCNS(=O)(=O)c1ccc(C(N)=O)cc1. The molecule has 2 rings (SSSR count). The van der Waals surface area contributed by atoms with Crippen LogP contribution in [0.1, 0.15) is 43.0 Å². The van der Waals surface area contributed by atoms with E-state index in [1.165, 1.54) is 43.5 Å². The Morgan fingerprint density at radius 3 is 2.61 bits per heavy atom. The summed E-state index contributed by atoms with van der Waals surface area (Å²) in [4.78, 5) is 13.6. The van der Waals surface area contributed by atoms with Gasteiger partial charge in [0.25, 0.3) is 0 Å². The molecular formula is C16H25N3O3S. The summed E-state index contributed by atoms with van der Waals surface area (Å²) in [5, 5.41) is 0. The topological polar surface area (TPSA) is 92.5 Å². The summed E-state index contributed by atoms with van der Waals surface area (Å²) in [6.07, 6.45) is 4.51. The van der Waals surface area contributed by atoms with Crippen molar-refractivity contribution in [3.05, 3.63) is 29.8 Å². The average molecular weight is 339 g/mol. The predicted octanol–water partition coefficient (Wildman–Crippen LogP) is 1.33. The van der Waals surface area contributed by atoms with E-state index in [9.17, 15) is 13.2 Å². The highest BCUT2D eigenvalue weighted by molar-refractivity contribution is 7.89. The number of carbonyl (C=O) groups is 1. The normalized spacial score (nSPS) is 19.6. The van der Waals surface area contributed by atoms with Crippen molar-refractivity contribution >= 4 is 15.9 Å². The van der Waals surface area contributed by atoms with Crippen molar-refractivity contribution in [1.29, 1.82) is 0 Å². The van der Waals surface area contributed by atoms with E-state index in [1.54, 1.807) is 0 Å². The molecule has 1 aliphatic heterocycles. The van der Waals surface area contributed by atoms with Crippen LogP contribution in [0.5, 0.6) is 0 Å². The first kappa shape index (κ1) is 17.9. The lowest BCUT2D eigenvalue weighted by atomic mass is 10.0. The van der Waals surface area contributed by atoms with Gasteiger partial charge in [-0.2, -0.15) is 0 Å². The van der Waals surface area contributed by atoms with Gasteiger partial charge in [0.1, 0.15) is 0 Å². The molecule has 0 aromatic heterocycles. The molecule has 0 saturated carbocycles. The number of hydrogen-bond acceptors (Lipinski definition) is 4. The van der Waals surface area contributed by atoms with Crippen LogP contribution < -0.4 is 10.5 Å². The van der Waals surface area contributed by atoms with E-state index < -0.39 is 15.9 Å². The molecule has 1 saturated heterocycles. The number of likely N-dealkylation sites (tertiary alicyclic amines) is 1. The van der Waals surface area contributed by atoms with Crippen molar-refractivity contribution in [3.8, 4) is 0 Å². The number of rotatable bonds is 7. The molecule has 6 nitrogen and oxygen atoms in total. The van der Waals surface area contributed by atoms with Gasteiger partial charge in [-0.3, -0.25) is 4.79 Å². The zero-order valence-corrected chi connectivity index (χ0v) is 14.3. The maximum Gasteiger partial charge on any atom is 0.248 e. The highest BCUT2D eigenvalue weighted by Gasteiger charge is 2.18. The van der Waals surface area contributed by atoms with E-state index in [4.69, 9.17) is 5.73 Å². The van der Waals surface area contributed by atoms with Gasteiger partial charge in [0.15, 0.2) is 0 Å². The first-order valence-corrected chi connectivity index (χ1v) is 9.52. The molecule has 0 spiro atoms. The Hall–Kier alpha value is -1.44. The Morgan fingerprint density at radius 1 is 1.30 bits per heavy atom. The molecule has 7 heteroatoms. The Labute approximate surface area is 138 Å². The van der Waals surface area contributed by atoms with E-state index in [0.717, 1.165) is 19.5 Å². The smallest absolute Gasteiger partial charge is 0.248 e. The number of primary amides is 1. The summed E-state index contributed by atoms with van der Waals surface area (Å²) in [5.41, 5.74) is 5.44. The molecule has 1 aromatic rings. The highest BCUT2D eigenvalue weighted by atomic mass is 32.2. The average Bonchev–Trinajstić information content (AvgIpc) is 2.53. The minimum atomic E-state index is -3.54. The molecule has 1 atom stereocenters. The van der Waals surface area contributed by atoms with E-state index in [1.807, 2.05) is 0 Å². The molecule has 1 fully saturated rings. The Bertz CT molecular complexity index is 628. The van der Waals surface area contributed by atoms with Gasteiger partial charge in [-0.1, -0.05) is 6.42 Å². The number of carbonyl (C=O) groups excluding carboxylic acids is 1. The molecule has 128 valence electrons. The van der Waals surface area contributed by atoms with Crippen LogP contribution >= 0.6 is 0 Å². The minimum absolute atomic E-state index is 0.147. The zero-order valence-electron chi connectivity index (χ0n) is 13.5. The van der Waals surface area contributed by atoms with Gasteiger partial charge in [0, 0.05) is 18.2 Å². The Balaban J connectivity index is 1.82. The molecule has 1 aromatic carbocycles. The number of nitrogens with two attached hydrogens (primary N) is 1. The standard InChI is InChI=1S/C16H25N3O3S/c1-13-5-2-3-11-19(13)12-4-10-18-23(21,22)15-8-6-14(7-9-15)16(17)20/h6-9,13,18H,2-5,10-12H2,1H3,(H2,17,20). The second-order valence-electron chi connectivity index (χ2n) is 6.02. The maximum atomic E-state index is 12.2. The van der Waals surface area contributed by atoms with Crippen LogP contribution in [0.3, 0.4) is 0 Å². The summed E-state index contributed by atoms with van der Waals surface area (Å²) in [6, 6.07) is 6.23. The molecule has 1 amide bonds. The van der Waals surface area contributed by atoms with Crippen LogP contribution in [0, 0.1) is 0 Å². The third-order valence-corrected chi connectivity index (χ3v) is 5.78. The number of benzene rings is 1. The van der Waals surface area contributed by atoms with Crippen LogP contribution in [0.4, 0.5) is 0 Å². The highest BCUT2D eigenvalue weighted by Crippen LogP contribution is 2.16. The van der Waals surface area contributed by atoms with Crippen molar-refractivity contribution in [2.45, 2.75) is 43.5 Å². The van der Waals surface area contributed by atoms with E-state index in [2.05, 4.69) is 16.5 Å². The van der Waals surface area contributed by atoms with Gasteiger partial charge in [0.2, 0.25) is 15.9 Å². The van der Waals surface area contributed by atoms with Gasteiger partial charge in [-0.15, -0.1) is 0 Å². The van der Waals surface area contributed by atoms with Gasteiger partial charge >= 0.3 is 0 Å². The lowest BCUT2D eigenvalue weighted by Crippen LogP contribution is -2.39. The minimum Gasteiger partial charge on any atom is -0.366 e. The third kappa shape index (κ3) is 5.02. The fourth-order valence-electron chi connectivity index (χ4n) is 2.86. The van der Waals surface area contributed by atoms with Crippen molar-refractivity contribution < 1.29 is 13.2 Å². The molecule has 0 radical (unpaired) electrons. The lowest BCUT2D eigenvalue weighted by Gasteiger charge is -2.33. The molecule has 1 unspecified atom stereocenters. The molecule has 23 heavy (non-hydrogen) atoms. The van der Waals surface area contributed by atoms with Crippen molar-refractivity contribution in [1.82, 2.24) is 9.62 Å². The van der Waals surface area contributed by atoms with Crippen molar-refractivity contribution in [2.75, 3.05) is 19.6 Å². The van der Waals surface area contributed by atoms with E-state index in [0.29, 0.717) is 18.2 Å². The monoisotopic (exact) mass is 339 g/mol. The number of nitrogens with zero attached hydrogens (tertiary/aromatic N) is 1. The van der Waals surface area contributed by atoms with E-state index in [-0.39, 0.29) is 4.90 Å². The van der Waals surface area contributed by atoms with Gasteiger partial charge < -0.3 is 10.6 Å². The fraction of sp³-hybridized carbons (Fsp3) is 0.562. The maximum absolute atomic E-state index is 12.2. The molecule has 1 heterocycles. The summed E-state index contributed by atoms with van der Waals surface area (Å²) in [5.74, 6) is -0.572. The Kier molecular flexibility index (Phi) is 6.15. The number of nitrogens with one attached hydrogen (secondary N) is 1. The molecule has 0 bridgehead atoms. The summed E-state index contributed by atoms with van der Waals surface area (Å²) in [7, 11) is -3.54. The van der Waals surface area contributed by atoms with Crippen LogP contribution in [0.15, 0.2) is 29.2 Å². The largest absolute Gasteiger partial charge is 0.366 e. The first-order valence-electron chi connectivity index (χ1n) is 8.04. The second kappa shape index (κ2) is 7.90. The quantitative estimate of drug-likeness (QED) is 0.733. The zero-order chi connectivity index (χ0) is 16.9. The van der Waals surface area contributed by atoms with Crippen LogP contribution in [0.25, 0.3) is 0 Å². The summed E-state index contributed by atoms with van der Waals surface area (Å²) < 4.78 is 27.0. The number of hydrogen-bond donors (Lipinski definition) is 2. The molecule has 0 aliphatic carbocycles. The first-order chi connectivity index (χ1) is 10.9. The molecular weight excluding hydrogens is 314 g/mol. The summed E-state index contributed by atoms with van der Waals surface area (Å²) in [6.45, 7) is 4.64. The predicted molar refractivity (Wildman–Crippen MR) is 89.7 cm³/mol. The van der Waals surface area contributed by atoms with Gasteiger partial charge in [-0.05, 0) is 63.5 Å². The fourth-order valence-corrected chi connectivity index (χ4v) is 3.93. The lowest BCUT2D eigenvalue weighted by molar-refractivity contribution is 0.1000. The van der Waals surface area contributed by atoms with Crippen LogP contribution in [-0.4, -0.2) is 44.9 Å². The summed E-state index contributed by atoms with van der Waals surface area (Å²) >= 11 is 0. The van der Waals surface area contributed by atoms with Gasteiger partial charge in [-0.25, -0.2) is 13.1 Å². The van der Waals surface area contributed by atoms with Crippen LogP contribution in [0.2, 0.25) is 0 Å². The van der Waals surface area contributed by atoms with Crippen molar-refractivity contribution in [3.63, 3.8) is 0 Å². The van der Waals surface area contributed by atoms with Gasteiger partial charge in [0.05, 0.1) is 4.90 Å². The number of piperidine rings is 1. The second-order valence-corrected chi connectivity index (χ2v) is 7.79. The Morgan fingerprint density at radius 2 is 2.00 bits per heavy atom. The number of amides is 1. The molecule has 1 aliphatic rings. The molecule has 3 N–H and O–H groups in total. The van der Waals surface area contributed by atoms with Crippen LogP contribution in [-0.2, 0) is 10.0 Å². The third-order valence-electron chi connectivity index (χ3n) is 4.30. The van der Waals surface area contributed by atoms with Crippen molar-refractivity contribution in [2.24, 2.45) is 5.73 Å².